The molecular formula is C21H18BrN5O3. The van der Waals surface area contributed by atoms with E-state index < -0.39 is 5.69 Å². The van der Waals surface area contributed by atoms with Crippen molar-refractivity contribution in [2.75, 3.05) is 5.32 Å². The third-order valence-corrected chi connectivity index (χ3v) is 5.36. The molecule has 9 heteroatoms. The number of fused-ring (bicyclic) bond motifs is 1. The Hall–Kier alpha value is -3.46. The summed E-state index contributed by atoms with van der Waals surface area (Å²) in [5.41, 5.74) is 2.43. The van der Waals surface area contributed by atoms with Gasteiger partial charge in [-0.3, -0.25) is 4.79 Å². The summed E-state index contributed by atoms with van der Waals surface area (Å²) in [6, 6.07) is 12.9. The predicted octanol–water partition coefficient (Wildman–Crippen LogP) is 3.70. The maximum absolute atomic E-state index is 12.7. The van der Waals surface area contributed by atoms with E-state index in [-0.39, 0.29) is 24.0 Å². The molecule has 0 fully saturated rings. The lowest BCUT2D eigenvalue weighted by molar-refractivity contribution is -0.117. The Morgan fingerprint density at radius 2 is 1.97 bits per heavy atom. The summed E-state index contributed by atoms with van der Waals surface area (Å²) < 4.78 is 9.07. The van der Waals surface area contributed by atoms with Gasteiger partial charge in [-0.05, 0) is 59.1 Å². The summed E-state index contributed by atoms with van der Waals surface area (Å²) in [5.74, 6) is 0.440. The molecule has 2 heterocycles. The van der Waals surface area contributed by atoms with Crippen LogP contribution in [0.2, 0.25) is 0 Å². The molecular weight excluding hydrogens is 450 g/mol. The fourth-order valence-electron chi connectivity index (χ4n) is 2.93. The number of carbonyl (C=O) groups excluding carboxylic acids is 1. The van der Waals surface area contributed by atoms with E-state index >= 15 is 0 Å². The first-order chi connectivity index (χ1) is 14.4. The average Bonchev–Trinajstić information content (AvgIpc) is 3.04. The summed E-state index contributed by atoms with van der Waals surface area (Å²) in [5, 5.41) is 7.03. The zero-order valence-corrected chi connectivity index (χ0v) is 17.9. The average molecular weight is 468 g/mol. The van der Waals surface area contributed by atoms with Crippen molar-refractivity contribution in [2.24, 2.45) is 0 Å². The van der Waals surface area contributed by atoms with E-state index in [1.165, 1.54) is 16.8 Å². The Bertz CT molecular complexity index is 1310. The number of nitrogens with one attached hydrogen (secondary N) is 1. The van der Waals surface area contributed by atoms with Crippen molar-refractivity contribution in [3.8, 4) is 11.6 Å². The molecule has 152 valence electrons. The van der Waals surface area contributed by atoms with E-state index in [1.54, 1.807) is 12.1 Å². The number of hydrogen-bond donors (Lipinski definition) is 1. The topological polar surface area (TPSA) is 90.5 Å². The molecule has 0 aliphatic rings. The van der Waals surface area contributed by atoms with Crippen LogP contribution in [0.15, 0.2) is 64.1 Å². The molecule has 4 aromatic rings. The lowest BCUT2D eigenvalue weighted by Crippen LogP contribution is -2.28. The highest BCUT2D eigenvalue weighted by molar-refractivity contribution is 9.10. The minimum Gasteiger partial charge on any atom is -0.436 e. The summed E-state index contributed by atoms with van der Waals surface area (Å²) in [4.78, 5) is 29.4. The van der Waals surface area contributed by atoms with Crippen LogP contribution in [0.1, 0.15) is 11.1 Å². The van der Waals surface area contributed by atoms with Gasteiger partial charge < -0.3 is 10.1 Å². The number of halogens is 1. The van der Waals surface area contributed by atoms with Crippen LogP contribution in [-0.4, -0.2) is 25.1 Å². The van der Waals surface area contributed by atoms with Crippen LogP contribution in [0.4, 0.5) is 5.69 Å². The monoisotopic (exact) mass is 467 g/mol. The Labute approximate surface area is 180 Å². The lowest BCUT2D eigenvalue weighted by atomic mass is 10.1. The van der Waals surface area contributed by atoms with Crippen molar-refractivity contribution < 1.29 is 9.53 Å². The molecule has 30 heavy (non-hydrogen) atoms. The second-order valence-corrected chi connectivity index (χ2v) is 7.55. The molecule has 2 aromatic carbocycles. The van der Waals surface area contributed by atoms with E-state index in [0.29, 0.717) is 11.4 Å². The number of hydrogen-bond acceptors (Lipinski definition) is 5. The van der Waals surface area contributed by atoms with Gasteiger partial charge in [0, 0.05) is 16.9 Å². The van der Waals surface area contributed by atoms with Gasteiger partial charge in [-0.15, -0.1) is 5.10 Å². The number of aromatic nitrogens is 4. The third kappa shape index (κ3) is 3.84. The number of para-hydroxylation sites is 1. The molecule has 0 unspecified atom stereocenters. The smallest absolute Gasteiger partial charge is 0.351 e. The van der Waals surface area contributed by atoms with Gasteiger partial charge in [0.15, 0.2) is 0 Å². The van der Waals surface area contributed by atoms with Gasteiger partial charge in [-0.2, -0.15) is 0 Å². The van der Waals surface area contributed by atoms with Crippen LogP contribution >= 0.6 is 15.9 Å². The second kappa shape index (κ2) is 8.11. The van der Waals surface area contributed by atoms with Crippen LogP contribution in [0.25, 0.3) is 5.65 Å². The number of aryl methyl sites for hydroxylation is 1. The highest BCUT2D eigenvalue weighted by Crippen LogP contribution is 2.27. The molecule has 8 nitrogen and oxygen atoms in total. The number of nitrogens with zero attached hydrogens (tertiary/aromatic N) is 4. The van der Waals surface area contributed by atoms with E-state index in [4.69, 9.17) is 4.74 Å². The number of amides is 1. The van der Waals surface area contributed by atoms with E-state index in [1.807, 2.05) is 44.2 Å². The molecule has 0 radical (unpaired) electrons. The molecule has 0 aliphatic heterocycles. The zero-order valence-electron chi connectivity index (χ0n) is 16.3. The van der Waals surface area contributed by atoms with E-state index in [2.05, 4.69) is 31.3 Å². The van der Waals surface area contributed by atoms with Crippen molar-refractivity contribution >= 4 is 33.2 Å². The Balaban J connectivity index is 1.63. The molecule has 1 N–H and O–H groups in total. The van der Waals surface area contributed by atoms with Crippen LogP contribution in [0, 0.1) is 13.8 Å². The van der Waals surface area contributed by atoms with Gasteiger partial charge >= 0.3 is 5.69 Å². The van der Waals surface area contributed by atoms with Gasteiger partial charge in [0.2, 0.25) is 11.6 Å². The quantitative estimate of drug-likeness (QED) is 0.483. The van der Waals surface area contributed by atoms with Crippen molar-refractivity contribution in [3.63, 3.8) is 0 Å². The highest BCUT2D eigenvalue weighted by Gasteiger charge is 2.17. The van der Waals surface area contributed by atoms with Crippen molar-refractivity contribution in [2.45, 2.75) is 20.4 Å². The molecule has 0 saturated carbocycles. The van der Waals surface area contributed by atoms with Gasteiger partial charge in [-0.25, -0.2) is 18.9 Å². The first-order valence-corrected chi connectivity index (χ1v) is 9.96. The van der Waals surface area contributed by atoms with Gasteiger partial charge in [0.1, 0.15) is 12.3 Å². The Kier molecular flexibility index (Phi) is 5.37. The molecule has 4 rings (SSSR count). The minimum absolute atomic E-state index is 0.188. The van der Waals surface area contributed by atoms with Gasteiger partial charge in [0.25, 0.3) is 5.88 Å². The van der Waals surface area contributed by atoms with Crippen LogP contribution in [0.5, 0.6) is 11.6 Å². The normalized spacial score (nSPS) is 10.9. The summed E-state index contributed by atoms with van der Waals surface area (Å²) >= 11 is 3.38. The van der Waals surface area contributed by atoms with Crippen molar-refractivity contribution in [1.82, 2.24) is 19.2 Å². The van der Waals surface area contributed by atoms with Crippen LogP contribution < -0.4 is 15.7 Å². The molecule has 2 aromatic heterocycles. The number of benzene rings is 2. The fraction of sp³-hybridized carbons (Fsp3) is 0.143. The number of rotatable bonds is 5. The predicted molar refractivity (Wildman–Crippen MR) is 116 cm³/mol. The highest BCUT2D eigenvalue weighted by atomic mass is 79.9. The maximum atomic E-state index is 12.7. The van der Waals surface area contributed by atoms with Gasteiger partial charge in [0.05, 0.1) is 5.69 Å². The number of ether oxygens (including phenoxy) is 1. The minimum atomic E-state index is -0.458. The van der Waals surface area contributed by atoms with E-state index in [0.717, 1.165) is 20.3 Å². The number of anilines is 1. The maximum Gasteiger partial charge on any atom is 0.351 e. The third-order valence-electron chi connectivity index (χ3n) is 4.67. The summed E-state index contributed by atoms with van der Waals surface area (Å²) in [6.07, 6.45) is 2.95. The fourth-order valence-corrected chi connectivity index (χ4v) is 3.31. The molecule has 1 amide bonds. The molecule has 0 saturated heterocycles. The molecule has 0 atom stereocenters. The van der Waals surface area contributed by atoms with Crippen LogP contribution in [-0.2, 0) is 11.3 Å². The first kappa shape index (κ1) is 19.8. The van der Waals surface area contributed by atoms with Crippen molar-refractivity contribution in [1.29, 1.82) is 0 Å². The largest absolute Gasteiger partial charge is 0.436 e. The number of carbonyl (C=O) groups is 1. The molecule has 0 bridgehead atoms. The molecule has 0 spiro atoms. The summed E-state index contributed by atoms with van der Waals surface area (Å²) in [7, 11) is 0. The van der Waals surface area contributed by atoms with Crippen molar-refractivity contribution in [3.05, 3.63) is 80.9 Å². The SMILES string of the molecule is Cc1cccc(Oc2nccn3c(=O)n(CC(=O)Nc4ccccc4Br)nc23)c1C. The first-order valence-electron chi connectivity index (χ1n) is 9.16. The van der Waals surface area contributed by atoms with E-state index in [9.17, 15) is 9.59 Å². The Morgan fingerprint density at radius 1 is 1.17 bits per heavy atom. The van der Waals surface area contributed by atoms with Gasteiger partial charge in [-0.1, -0.05) is 24.3 Å². The molecule has 0 aliphatic carbocycles. The zero-order chi connectivity index (χ0) is 21.3. The van der Waals surface area contributed by atoms with Crippen LogP contribution in [0.3, 0.4) is 0 Å². The Morgan fingerprint density at radius 3 is 2.77 bits per heavy atom. The second-order valence-electron chi connectivity index (χ2n) is 6.69. The summed E-state index contributed by atoms with van der Waals surface area (Å²) in [6.45, 7) is 3.69. The lowest BCUT2D eigenvalue weighted by Gasteiger charge is -2.09. The standard InChI is InChI=1S/C21H18BrN5O3/c1-13-6-5-9-17(14(13)2)30-20-19-25-27(21(29)26(19)11-10-23-20)12-18(28)24-16-8-4-3-7-15(16)22/h3-11H,12H2,1-2H3,(H,24,28).